The highest BCUT2D eigenvalue weighted by molar-refractivity contribution is 5.98. The summed E-state index contributed by atoms with van der Waals surface area (Å²) in [6, 6.07) is 11.1. The Balaban J connectivity index is 1.64. The predicted molar refractivity (Wildman–Crippen MR) is 131 cm³/mol. The number of amides is 3. The number of benzene rings is 2. The molecule has 1 unspecified atom stereocenters. The fraction of sp³-hybridized carbons (Fsp3) is 0.423. The normalized spacial score (nSPS) is 14.3. The van der Waals surface area contributed by atoms with Crippen LogP contribution in [-0.4, -0.2) is 81.1 Å². The number of nitrogens with zero attached hydrogens (tertiary/aromatic N) is 2. The van der Waals surface area contributed by atoms with Gasteiger partial charge in [0.25, 0.3) is 11.8 Å². The maximum atomic E-state index is 13.3. The molecule has 35 heavy (non-hydrogen) atoms. The predicted octanol–water partition coefficient (Wildman–Crippen LogP) is 2.45. The average molecular weight is 484 g/mol. The summed E-state index contributed by atoms with van der Waals surface area (Å²) in [5, 5.41) is 2.87. The quantitative estimate of drug-likeness (QED) is 0.620. The standard InChI is InChI=1S/C26H33N3O6/c1-17(2)23(27-24(30)19-14-21(34-4)16-22(15-19)35-5)26(32)29-12-10-28(11-13-29)25(31)18-6-8-20(33-3)9-7-18/h6-9,14-17,23H,10-13H2,1-5H3,(H,27,30). The molecule has 9 nitrogen and oxygen atoms in total. The second kappa shape index (κ2) is 11.6. The summed E-state index contributed by atoms with van der Waals surface area (Å²) in [4.78, 5) is 42.6. The molecule has 0 aromatic heterocycles. The van der Waals surface area contributed by atoms with Gasteiger partial charge in [0, 0.05) is 43.4 Å². The zero-order chi connectivity index (χ0) is 25.5. The summed E-state index contributed by atoms with van der Waals surface area (Å²) < 4.78 is 15.6. The van der Waals surface area contributed by atoms with E-state index >= 15 is 0 Å². The van der Waals surface area contributed by atoms with Gasteiger partial charge in [-0.05, 0) is 42.3 Å². The van der Waals surface area contributed by atoms with Crippen LogP contribution in [0.25, 0.3) is 0 Å². The maximum Gasteiger partial charge on any atom is 0.253 e. The summed E-state index contributed by atoms with van der Waals surface area (Å²) in [6.45, 7) is 5.40. The van der Waals surface area contributed by atoms with Crippen molar-refractivity contribution in [3.63, 3.8) is 0 Å². The molecule has 0 radical (unpaired) electrons. The molecule has 3 amide bonds. The molecule has 1 atom stereocenters. The summed E-state index contributed by atoms with van der Waals surface area (Å²) in [6.07, 6.45) is 0. The Bertz CT molecular complexity index is 1020. The van der Waals surface area contributed by atoms with Crippen LogP contribution in [0, 0.1) is 5.92 Å². The van der Waals surface area contributed by atoms with Crippen molar-refractivity contribution < 1.29 is 28.6 Å². The van der Waals surface area contributed by atoms with Gasteiger partial charge in [-0.1, -0.05) is 13.8 Å². The second-order valence-electron chi connectivity index (χ2n) is 8.64. The van der Waals surface area contributed by atoms with E-state index in [9.17, 15) is 14.4 Å². The molecule has 1 N–H and O–H groups in total. The molecular formula is C26H33N3O6. The zero-order valence-corrected chi connectivity index (χ0v) is 20.9. The third-order valence-corrected chi connectivity index (χ3v) is 6.05. The molecule has 188 valence electrons. The van der Waals surface area contributed by atoms with E-state index in [1.807, 2.05) is 13.8 Å². The molecule has 1 aliphatic heterocycles. The second-order valence-corrected chi connectivity index (χ2v) is 8.64. The number of piperazine rings is 1. The highest BCUT2D eigenvalue weighted by Crippen LogP contribution is 2.23. The maximum absolute atomic E-state index is 13.3. The Morgan fingerprint density at radius 1 is 0.743 bits per heavy atom. The number of methoxy groups -OCH3 is 3. The minimum Gasteiger partial charge on any atom is -0.497 e. The van der Waals surface area contributed by atoms with Crippen molar-refractivity contribution in [1.29, 1.82) is 0 Å². The first-order chi connectivity index (χ1) is 16.8. The number of carbonyl (C=O) groups excluding carboxylic acids is 3. The number of nitrogens with one attached hydrogen (secondary N) is 1. The molecule has 0 spiro atoms. The van der Waals surface area contributed by atoms with Crippen molar-refractivity contribution in [1.82, 2.24) is 15.1 Å². The third-order valence-electron chi connectivity index (χ3n) is 6.05. The fourth-order valence-corrected chi connectivity index (χ4v) is 3.92. The number of carbonyl (C=O) groups is 3. The molecule has 1 fully saturated rings. The van der Waals surface area contributed by atoms with Crippen LogP contribution in [0.3, 0.4) is 0 Å². The molecule has 9 heteroatoms. The van der Waals surface area contributed by atoms with Crippen LogP contribution >= 0.6 is 0 Å². The van der Waals surface area contributed by atoms with Crippen molar-refractivity contribution in [3.8, 4) is 17.2 Å². The van der Waals surface area contributed by atoms with Gasteiger partial charge in [0.15, 0.2) is 0 Å². The van der Waals surface area contributed by atoms with Crippen molar-refractivity contribution in [2.24, 2.45) is 5.92 Å². The zero-order valence-electron chi connectivity index (χ0n) is 20.9. The van der Waals surface area contributed by atoms with Crippen LogP contribution in [0.1, 0.15) is 34.6 Å². The van der Waals surface area contributed by atoms with Crippen molar-refractivity contribution in [2.45, 2.75) is 19.9 Å². The van der Waals surface area contributed by atoms with Crippen LogP contribution in [0.4, 0.5) is 0 Å². The minimum absolute atomic E-state index is 0.0829. The van der Waals surface area contributed by atoms with E-state index in [1.165, 1.54) is 14.2 Å². The van der Waals surface area contributed by atoms with E-state index < -0.39 is 6.04 Å². The SMILES string of the molecule is COc1ccc(C(=O)N2CCN(C(=O)C(NC(=O)c3cc(OC)cc(OC)c3)C(C)C)CC2)cc1. The lowest BCUT2D eigenvalue weighted by atomic mass is 10.0. The van der Waals surface area contributed by atoms with E-state index in [1.54, 1.807) is 59.4 Å². The van der Waals surface area contributed by atoms with Crippen LogP contribution in [0.5, 0.6) is 17.2 Å². The Labute approximate surface area is 205 Å². The average Bonchev–Trinajstić information content (AvgIpc) is 2.90. The summed E-state index contributed by atoms with van der Waals surface area (Å²) in [7, 11) is 4.60. The van der Waals surface area contributed by atoms with Crippen LogP contribution in [-0.2, 0) is 4.79 Å². The number of rotatable bonds is 8. The molecule has 3 rings (SSSR count). The molecular weight excluding hydrogens is 450 g/mol. The van der Waals surface area contributed by atoms with Crippen LogP contribution in [0.15, 0.2) is 42.5 Å². The number of hydrogen-bond acceptors (Lipinski definition) is 6. The number of hydrogen-bond donors (Lipinski definition) is 1. The van der Waals surface area contributed by atoms with E-state index in [-0.39, 0.29) is 23.6 Å². The van der Waals surface area contributed by atoms with Gasteiger partial charge in [-0.3, -0.25) is 14.4 Å². The molecule has 1 heterocycles. The van der Waals surface area contributed by atoms with Gasteiger partial charge in [0.2, 0.25) is 5.91 Å². The highest BCUT2D eigenvalue weighted by Gasteiger charge is 2.32. The molecule has 1 saturated heterocycles. The molecule has 2 aromatic carbocycles. The largest absolute Gasteiger partial charge is 0.497 e. The lowest BCUT2D eigenvalue weighted by Gasteiger charge is -2.37. The van der Waals surface area contributed by atoms with Crippen molar-refractivity contribution >= 4 is 17.7 Å². The van der Waals surface area contributed by atoms with Gasteiger partial charge < -0.3 is 29.3 Å². The lowest BCUT2D eigenvalue weighted by molar-refractivity contribution is -0.135. The molecule has 1 aliphatic rings. The van der Waals surface area contributed by atoms with Crippen LogP contribution < -0.4 is 19.5 Å². The van der Waals surface area contributed by atoms with Gasteiger partial charge in [-0.2, -0.15) is 0 Å². The van der Waals surface area contributed by atoms with Gasteiger partial charge in [0.05, 0.1) is 21.3 Å². The van der Waals surface area contributed by atoms with Crippen molar-refractivity contribution in [3.05, 3.63) is 53.6 Å². The first-order valence-electron chi connectivity index (χ1n) is 11.5. The van der Waals surface area contributed by atoms with E-state index in [2.05, 4.69) is 5.32 Å². The van der Waals surface area contributed by atoms with E-state index in [0.717, 1.165) is 0 Å². The molecule has 0 bridgehead atoms. The summed E-state index contributed by atoms with van der Waals surface area (Å²) in [5.74, 6) is 0.894. The fourth-order valence-electron chi connectivity index (χ4n) is 3.92. The molecule has 0 aliphatic carbocycles. The van der Waals surface area contributed by atoms with Gasteiger partial charge in [0.1, 0.15) is 23.3 Å². The monoisotopic (exact) mass is 483 g/mol. The van der Waals surface area contributed by atoms with E-state index in [4.69, 9.17) is 14.2 Å². The van der Waals surface area contributed by atoms with Crippen molar-refractivity contribution in [2.75, 3.05) is 47.5 Å². The smallest absolute Gasteiger partial charge is 0.253 e. The van der Waals surface area contributed by atoms with Gasteiger partial charge in [-0.15, -0.1) is 0 Å². The Kier molecular flexibility index (Phi) is 8.57. The summed E-state index contributed by atoms with van der Waals surface area (Å²) >= 11 is 0. The summed E-state index contributed by atoms with van der Waals surface area (Å²) in [5.41, 5.74) is 0.918. The first kappa shape index (κ1) is 25.9. The molecule has 0 saturated carbocycles. The van der Waals surface area contributed by atoms with Gasteiger partial charge in [-0.25, -0.2) is 0 Å². The van der Waals surface area contributed by atoms with E-state index in [0.29, 0.717) is 54.6 Å². The third kappa shape index (κ3) is 6.23. The lowest BCUT2D eigenvalue weighted by Crippen LogP contribution is -2.57. The Morgan fingerprint density at radius 2 is 1.26 bits per heavy atom. The highest BCUT2D eigenvalue weighted by atomic mass is 16.5. The Morgan fingerprint density at radius 3 is 1.74 bits per heavy atom. The topological polar surface area (TPSA) is 97.4 Å². The first-order valence-corrected chi connectivity index (χ1v) is 11.5. The minimum atomic E-state index is -0.705. The number of ether oxygens (including phenoxy) is 3. The van der Waals surface area contributed by atoms with Crippen LogP contribution in [0.2, 0.25) is 0 Å². The Hall–Kier alpha value is -3.75. The molecule has 2 aromatic rings. The van der Waals surface area contributed by atoms with Gasteiger partial charge >= 0.3 is 0 Å².